The van der Waals surface area contributed by atoms with E-state index in [1.54, 1.807) is 0 Å². The van der Waals surface area contributed by atoms with Gasteiger partial charge in [0, 0.05) is 0 Å². The second-order valence-electron chi connectivity index (χ2n) is 3.67. The summed E-state index contributed by atoms with van der Waals surface area (Å²) in [6.07, 6.45) is 2.48. The van der Waals surface area contributed by atoms with Gasteiger partial charge in [-0.1, -0.05) is 0 Å². The molecule has 0 aromatic carbocycles. The van der Waals surface area contributed by atoms with Gasteiger partial charge >= 0.3 is 95.5 Å². The van der Waals surface area contributed by atoms with Crippen LogP contribution in [0.1, 0.15) is 6.92 Å². The predicted molar refractivity (Wildman–Crippen MR) is 72.8 cm³/mol. The van der Waals surface area contributed by atoms with Crippen LogP contribution in [-0.2, 0) is 4.79 Å². The van der Waals surface area contributed by atoms with Gasteiger partial charge in [-0.3, -0.25) is 0 Å². The summed E-state index contributed by atoms with van der Waals surface area (Å²) in [5, 5.41) is 15.8. The normalized spacial score (nSPS) is 10.6. The van der Waals surface area contributed by atoms with E-state index in [1.165, 1.54) is 13.4 Å². The number of aliphatic carboxylic acids is 1. The number of hydrogen-bond donors (Lipinski definition) is 2. The molecule has 0 aliphatic carbocycles. The summed E-state index contributed by atoms with van der Waals surface area (Å²) in [7, 11) is 0. The van der Waals surface area contributed by atoms with Gasteiger partial charge < -0.3 is 10.2 Å². The van der Waals surface area contributed by atoms with Gasteiger partial charge in [-0.05, 0) is 6.92 Å². The fourth-order valence-corrected chi connectivity index (χ4v) is 5.11. The third-order valence-corrected chi connectivity index (χ3v) is 6.98. The molecule has 2 N–H and O–H groups in total. The Morgan fingerprint density at radius 1 is 1.11 bits per heavy atom. The van der Waals surface area contributed by atoms with Crippen molar-refractivity contribution in [2.45, 2.75) is 13.0 Å². The third kappa shape index (κ3) is 6.97. The van der Waals surface area contributed by atoms with Crippen molar-refractivity contribution in [3.05, 3.63) is 48.8 Å². The van der Waals surface area contributed by atoms with Crippen LogP contribution < -0.4 is 6.51 Å². The molecule has 0 saturated heterocycles. The monoisotopic (exact) mass is 451 g/mol. The van der Waals surface area contributed by atoms with E-state index in [0.29, 0.717) is 0 Å². The Morgan fingerprint density at radius 3 is 1.79 bits per heavy atom. The average molecular weight is 451 g/mol. The first-order valence-corrected chi connectivity index (χ1v) is 10.2. The molecule has 19 heavy (non-hydrogen) atoms. The van der Waals surface area contributed by atoms with E-state index < -0.39 is 36.3 Å². The van der Waals surface area contributed by atoms with E-state index >= 15 is 0 Å². The van der Waals surface area contributed by atoms with Gasteiger partial charge in [0.15, 0.2) is 0 Å². The summed E-state index contributed by atoms with van der Waals surface area (Å²) in [5.74, 6) is -1.19. The van der Waals surface area contributed by atoms with Crippen molar-refractivity contribution in [2.75, 3.05) is 0 Å². The number of aromatic nitrogens is 2. The van der Waals surface area contributed by atoms with Crippen molar-refractivity contribution in [2.24, 2.45) is 0 Å². The van der Waals surface area contributed by atoms with Gasteiger partial charge in [-0.2, -0.15) is 0 Å². The standard InChI is InChI=1S/2C5H4N.C3H6O3.Tl/c2*1-2-4-6-5-3-1;1-2(4)3(5)6;/h2*1-4H;2,4H,1H3,(H,5,6);. The molecular weight excluding hydrogens is 437 g/mol. The number of pyridine rings is 2. The number of carboxylic acid groups (broad SMARTS) is 1. The Morgan fingerprint density at radius 2 is 1.53 bits per heavy atom. The third-order valence-electron chi connectivity index (χ3n) is 2.03. The van der Waals surface area contributed by atoms with E-state index in [-0.39, 0.29) is 0 Å². The molecule has 0 aliphatic heterocycles. The van der Waals surface area contributed by atoms with Crippen LogP contribution in [0.15, 0.2) is 48.8 Å². The molecule has 1 unspecified atom stereocenters. The van der Waals surface area contributed by atoms with E-state index in [0.717, 1.165) is 0 Å². The zero-order chi connectivity index (χ0) is 14.1. The quantitative estimate of drug-likeness (QED) is 0.621. The van der Waals surface area contributed by atoms with Crippen LogP contribution in [0, 0.1) is 0 Å². The van der Waals surface area contributed by atoms with Crippen LogP contribution in [0.25, 0.3) is 0 Å². The first-order valence-electron chi connectivity index (χ1n) is 5.67. The van der Waals surface area contributed by atoms with Crippen LogP contribution in [-0.4, -0.2) is 56.5 Å². The summed E-state index contributed by atoms with van der Waals surface area (Å²) < 4.78 is 2.53. The van der Waals surface area contributed by atoms with Crippen LogP contribution in [0.4, 0.5) is 0 Å². The molecule has 0 bridgehead atoms. The maximum absolute atomic E-state index is 9.45. The molecule has 6 heteroatoms. The molecule has 0 aliphatic rings. The summed E-state index contributed by atoms with van der Waals surface area (Å²) in [6.45, 7) is 1.20. The average Bonchev–Trinajstić information content (AvgIpc) is 2.41. The summed E-state index contributed by atoms with van der Waals surface area (Å²) in [5.41, 5.74) is 0. The molecule has 97 valence electrons. The molecule has 5 nitrogen and oxygen atoms in total. The van der Waals surface area contributed by atoms with Crippen molar-refractivity contribution in [3.63, 3.8) is 0 Å². The molecule has 0 saturated carbocycles. The van der Waals surface area contributed by atoms with Crippen LogP contribution in [0.5, 0.6) is 0 Å². The van der Waals surface area contributed by atoms with E-state index in [9.17, 15) is 4.79 Å². The van der Waals surface area contributed by atoms with E-state index in [2.05, 4.69) is 22.1 Å². The fraction of sp³-hybridized carbons (Fsp3) is 0.154. The number of rotatable bonds is 3. The Bertz CT molecular complexity index is 454. The first kappa shape index (κ1) is 15.7. The number of aliphatic hydroxyl groups is 1. The van der Waals surface area contributed by atoms with Gasteiger partial charge in [0.05, 0.1) is 0 Å². The van der Waals surface area contributed by atoms with Gasteiger partial charge in [0.25, 0.3) is 0 Å². The van der Waals surface area contributed by atoms with Crippen molar-refractivity contribution in [3.8, 4) is 0 Å². The number of carbonyl (C=O) groups is 1. The molecule has 2 aromatic rings. The molecule has 2 rings (SSSR count). The molecular formula is C13H14N2O3Tl. The van der Waals surface area contributed by atoms with Crippen LogP contribution in [0.3, 0.4) is 0 Å². The van der Waals surface area contributed by atoms with Gasteiger partial charge in [-0.25, -0.2) is 4.79 Å². The molecule has 2 heterocycles. The zero-order valence-electron chi connectivity index (χ0n) is 10.5. The minimum atomic E-state index is -1.23. The second-order valence-corrected chi connectivity index (χ2v) is 9.39. The SMILES string of the molecule is CC(O)C(=O)O.c1cc[c]([Tl][c]2ccccn2)nc1. The predicted octanol–water partition coefficient (Wildman–Crippen LogP) is -0.417. The fourth-order valence-electron chi connectivity index (χ4n) is 1.07. The molecule has 0 spiro atoms. The minimum absolute atomic E-state index is 1.09. The Labute approximate surface area is 123 Å². The summed E-state index contributed by atoms with van der Waals surface area (Å²) in [6, 6.07) is 12.2. The van der Waals surface area contributed by atoms with Gasteiger partial charge in [-0.15, -0.1) is 0 Å². The van der Waals surface area contributed by atoms with Gasteiger partial charge in [0.1, 0.15) is 6.10 Å². The number of carboxylic acids is 1. The van der Waals surface area contributed by atoms with E-state index in [4.69, 9.17) is 10.2 Å². The second kappa shape index (κ2) is 8.70. The Hall–Kier alpha value is -1.35. The first-order chi connectivity index (χ1) is 9.09. The van der Waals surface area contributed by atoms with Crippen molar-refractivity contribution in [1.29, 1.82) is 0 Å². The van der Waals surface area contributed by atoms with Gasteiger partial charge in [0.2, 0.25) is 0 Å². The van der Waals surface area contributed by atoms with Crippen LogP contribution >= 0.6 is 0 Å². The summed E-state index contributed by atoms with van der Waals surface area (Å²) >= 11 is -1.09. The molecule has 0 radical (unpaired) electrons. The maximum atomic E-state index is 9.45. The topological polar surface area (TPSA) is 83.3 Å². The summed E-state index contributed by atoms with van der Waals surface area (Å²) in [4.78, 5) is 18.1. The Kier molecular flexibility index (Phi) is 7.19. The molecule has 0 fully saturated rings. The number of nitrogens with zero attached hydrogens (tertiary/aromatic N) is 2. The number of aliphatic hydroxyl groups excluding tert-OH is 1. The van der Waals surface area contributed by atoms with Crippen molar-refractivity contribution >= 4 is 36.7 Å². The van der Waals surface area contributed by atoms with Crippen molar-refractivity contribution < 1.29 is 15.0 Å². The molecule has 1 atom stereocenters. The number of hydrogen-bond acceptors (Lipinski definition) is 4. The zero-order valence-corrected chi connectivity index (χ0v) is 15.0. The molecule has 0 amide bonds. The van der Waals surface area contributed by atoms with Crippen molar-refractivity contribution in [1.82, 2.24) is 9.97 Å². The Balaban J connectivity index is 0.000000258. The van der Waals surface area contributed by atoms with E-state index in [1.807, 2.05) is 36.7 Å². The molecule has 2 aromatic heterocycles. The van der Waals surface area contributed by atoms with Crippen LogP contribution in [0.2, 0.25) is 0 Å².